The Morgan fingerprint density at radius 1 is 1.53 bits per heavy atom. The number of thiophene rings is 1. The number of hydrogen-bond donors (Lipinski definition) is 2. The van der Waals surface area contributed by atoms with Crippen molar-refractivity contribution in [2.24, 2.45) is 0 Å². The summed E-state index contributed by atoms with van der Waals surface area (Å²) in [6.07, 6.45) is 4.53. The van der Waals surface area contributed by atoms with Crippen LogP contribution in [0.1, 0.15) is 43.5 Å². The zero-order valence-corrected chi connectivity index (χ0v) is 11.1. The third-order valence-corrected chi connectivity index (χ3v) is 4.26. The van der Waals surface area contributed by atoms with E-state index in [0.29, 0.717) is 0 Å². The van der Waals surface area contributed by atoms with E-state index in [-0.39, 0.29) is 18.0 Å². The molecule has 0 saturated carbocycles. The van der Waals surface area contributed by atoms with Crippen molar-refractivity contribution in [3.63, 3.8) is 0 Å². The monoisotopic (exact) mass is 252 g/mol. The number of hydrogen-bond acceptors (Lipinski definition) is 3. The molecule has 3 nitrogen and oxygen atoms in total. The molecule has 2 rings (SSSR count). The van der Waals surface area contributed by atoms with E-state index in [1.165, 1.54) is 17.7 Å². The molecule has 1 aliphatic heterocycles. The first-order valence-corrected chi connectivity index (χ1v) is 7.22. The summed E-state index contributed by atoms with van der Waals surface area (Å²) in [4.78, 5) is 13.3. The van der Waals surface area contributed by atoms with Gasteiger partial charge in [0, 0.05) is 4.88 Å². The van der Waals surface area contributed by atoms with E-state index >= 15 is 0 Å². The van der Waals surface area contributed by atoms with Crippen molar-refractivity contribution in [3.05, 3.63) is 22.4 Å². The fraction of sp³-hybridized carbons (Fsp3) is 0.615. The van der Waals surface area contributed by atoms with Crippen LogP contribution >= 0.6 is 11.3 Å². The molecule has 0 aromatic carbocycles. The molecule has 0 radical (unpaired) electrons. The summed E-state index contributed by atoms with van der Waals surface area (Å²) in [7, 11) is 0. The second kappa shape index (κ2) is 6.17. The first-order valence-electron chi connectivity index (χ1n) is 6.34. The summed E-state index contributed by atoms with van der Waals surface area (Å²) in [5.41, 5.74) is 0. The molecule has 1 aliphatic rings. The highest BCUT2D eigenvalue weighted by Gasteiger charge is 2.21. The highest BCUT2D eigenvalue weighted by molar-refractivity contribution is 7.10. The van der Waals surface area contributed by atoms with E-state index in [0.717, 1.165) is 19.4 Å². The van der Waals surface area contributed by atoms with E-state index in [2.05, 4.69) is 16.7 Å². The molecule has 17 heavy (non-hydrogen) atoms. The smallest absolute Gasteiger partial charge is 0.237 e. The van der Waals surface area contributed by atoms with Crippen LogP contribution in [0.25, 0.3) is 0 Å². The zero-order valence-electron chi connectivity index (χ0n) is 10.2. The zero-order chi connectivity index (χ0) is 12.1. The second-order valence-electron chi connectivity index (χ2n) is 4.60. The molecule has 0 bridgehead atoms. The van der Waals surface area contributed by atoms with E-state index in [1.54, 1.807) is 11.3 Å². The van der Waals surface area contributed by atoms with E-state index in [9.17, 15) is 4.79 Å². The van der Waals surface area contributed by atoms with Crippen LogP contribution in [0.2, 0.25) is 0 Å². The summed E-state index contributed by atoms with van der Waals surface area (Å²) in [5, 5.41) is 8.46. The molecule has 4 heteroatoms. The van der Waals surface area contributed by atoms with Crippen LogP contribution in [-0.4, -0.2) is 18.5 Å². The van der Waals surface area contributed by atoms with Gasteiger partial charge in [0.25, 0.3) is 0 Å². The lowest BCUT2D eigenvalue weighted by Gasteiger charge is -2.19. The van der Waals surface area contributed by atoms with E-state index in [4.69, 9.17) is 0 Å². The molecule has 1 fully saturated rings. The fourth-order valence-corrected chi connectivity index (χ4v) is 2.91. The molecule has 2 atom stereocenters. The van der Waals surface area contributed by atoms with Crippen LogP contribution in [0.4, 0.5) is 0 Å². The normalized spacial score (nSPS) is 22.8. The highest BCUT2D eigenvalue weighted by atomic mass is 32.1. The number of carbonyl (C=O) groups is 1. The summed E-state index contributed by atoms with van der Waals surface area (Å²) in [5.74, 6) is 0.146. The maximum absolute atomic E-state index is 12.1. The second-order valence-corrected chi connectivity index (χ2v) is 5.58. The predicted octanol–water partition coefficient (Wildman–Crippen LogP) is 2.46. The Hall–Kier alpha value is -0.870. The maximum Gasteiger partial charge on any atom is 0.237 e. The first kappa shape index (κ1) is 12.6. The van der Waals surface area contributed by atoms with Crippen molar-refractivity contribution < 1.29 is 4.79 Å². The fourth-order valence-electron chi connectivity index (χ4n) is 2.18. The molecule has 1 aromatic rings. The van der Waals surface area contributed by atoms with Crippen molar-refractivity contribution in [3.8, 4) is 0 Å². The molecule has 0 aliphatic carbocycles. The lowest BCUT2D eigenvalue weighted by Crippen LogP contribution is -2.44. The maximum atomic E-state index is 12.1. The van der Waals surface area contributed by atoms with Crippen LogP contribution in [0, 0.1) is 0 Å². The Labute approximate surface area is 107 Å². The number of carbonyl (C=O) groups excluding carboxylic acids is 1. The molecule has 0 spiro atoms. The molecular formula is C13H20N2OS. The van der Waals surface area contributed by atoms with Gasteiger partial charge in [0.1, 0.15) is 0 Å². The molecule has 1 unspecified atom stereocenters. The highest BCUT2D eigenvalue weighted by Crippen LogP contribution is 2.18. The van der Waals surface area contributed by atoms with E-state index < -0.39 is 0 Å². The Bertz CT molecular complexity index is 342. The van der Waals surface area contributed by atoms with Crippen LogP contribution in [0.5, 0.6) is 0 Å². The minimum atomic E-state index is -0.0000813. The average molecular weight is 252 g/mol. The predicted molar refractivity (Wildman–Crippen MR) is 71.1 cm³/mol. The van der Waals surface area contributed by atoms with Gasteiger partial charge in [0.2, 0.25) is 5.91 Å². The first-order chi connectivity index (χ1) is 8.27. The van der Waals surface area contributed by atoms with Gasteiger partial charge in [0.05, 0.1) is 12.1 Å². The van der Waals surface area contributed by atoms with Crippen molar-refractivity contribution in [1.82, 2.24) is 10.6 Å². The SMILES string of the molecule is C[C@@H](NC(=O)C1CCCCCN1)c1cccs1. The summed E-state index contributed by atoms with van der Waals surface area (Å²) in [6.45, 7) is 3.01. The average Bonchev–Trinajstić information content (AvgIpc) is 2.71. The molecule has 2 heterocycles. The quantitative estimate of drug-likeness (QED) is 0.867. The van der Waals surface area contributed by atoms with Crippen LogP contribution in [0.3, 0.4) is 0 Å². The van der Waals surface area contributed by atoms with Gasteiger partial charge in [0.15, 0.2) is 0 Å². The third-order valence-electron chi connectivity index (χ3n) is 3.21. The summed E-state index contributed by atoms with van der Waals surface area (Å²) >= 11 is 1.69. The van der Waals surface area contributed by atoms with Crippen LogP contribution in [0.15, 0.2) is 17.5 Å². The van der Waals surface area contributed by atoms with Crippen molar-refractivity contribution in [2.75, 3.05) is 6.54 Å². The summed E-state index contributed by atoms with van der Waals surface area (Å²) < 4.78 is 0. The minimum Gasteiger partial charge on any atom is -0.347 e. The van der Waals surface area contributed by atoms with Gasteiger partial charge >= 0.3 is 0 Å². The number of amides is 1. The molecule has 1 amide bonds. The van der Waals surface area contributed by atoms with Gasteiger partial charge in [-0.25, -0.2) is 0 Å². The molecule has 1 aromatic heterocycles. The van der Waals surface area contributed by atoms with Crippen molar-refractivity contribution in [1.29, 1.82) is 0 Å². The summed E-state index contributed by atoms with van der Waals surface area (Å²) in [6, 6.07) is 4.20. The Morgan fingerprint density at radius 3 is 3.18 bits per heavy atom. The van der Waals surface area contributed by atoms with Gasteiger partial charge in [-0.2, -0.15) is 0 Å². The molecule has 1 saturated heterocycles. The minimum absolute atomic E-state index is 0.0000813. The van der Waals surface area contributed by atoms with Crippen molar-refractivity contribution in [2.45, 2.75) is 44.7 Å². The topological polar surface area (TPSA) is 41.1 Å². The Kier molecular flexibility index (Phi) is 4.57. The standard InChI is InChI=1S/C13H20N2OS/c1-10(12-7-5-9-17-12)15-13(16)11-6-3-2-4-8-14-11/h5,7,9-11,14H,2-4,6,8H2,1H3,(H,15,16)/t10-,11?/m1/s1. The van der Waals surface area contributed by atoms with E-state index in [1.807, 2.05) is 18.4 Å². The van der Waals surface area contributed by atoms with Gasteiger partial charge in [-0.1, -0.05) is 18.9 Å². The van der Waals surface area contributed by atoms with Crippen molar-refractivity contribution >= 4 is 17.2 Å². The Morgan fingerprint density at radius 2 is 2.41 bits per heavy atom. The third kappa shape index (κ3) is 3.54. The van der Waals surface area contributed by atoms with Gasteiger partial charge < -0.3 is 10.6 Å². The largest absolute Gasteiger partial charge is 0.347 e. The van der Waals surface area contributed by atoms with Crippen LogP contribution in [-0.2, 0) is 4.79 Å². The lowest BCUT2D eigenvalue weighted by atomic mass is 10.1. The van der Waals surface area contributed by atoms with Gasteiger partial charge in [-0.15, -0.1) is 11.3 Å². The number of nitrogens with one attached hydrogen (secondary N) is 2. The number of rotatable bonds is 3. The molecular weight excluding hydrogens is 232 g/mol. The van der Waals surface area contributed by atoms with Gasteiger partial charge in [-0.05, 0) is 37.8 Å². The van der Waals surface area contributed by atoms with Gasteiger partial charge in [-0.3, -0.25) is 4.79 Å². The van der Waals surface area contributed by atoms with Crippen LogP contribution < -0.4 is 10.6 Å². The molecule has 94 valence electrons. The molecule has 2 N–H and O–H groups in total. The Balaban J connectivity index is 1.87. The lowest BCUT2D eigenvalue weighted by molar-refractivity contribution is -0.123.